The van der Waals surface area contributed by atoms with Crippen LogP contribution in [0.15, 0.2) is 0 Å². The Morgan fingerprint density at radius 1 is 1.12 bits per heavy atom. The Morgan fingerprint density at radius 3 is 2.47 bits per heavy atom. The van der Waals surface area contributed by atoms with Gasteiger partial charge < -0.3 is 10.6 Å². The topological polar surface area (TPSA) is 24.1 Å². The number of hydrogen-bond acceptors (Lipinski definition) is 2. The lowest BCUT2D eigenvalue weighted by Gasteiger charge is -2.48. The predicted molar refractivity (Wildman–Crippen MR) is 74.2 cm³/mol. The van der Waals surface area contributed by atoms with Crippen molar-refractivity contribution in [1.82, 2.24) is 10.6 Å². The molecule has 2 N–H and O–H groups in total. The van der Waals surface area contributed by atoms with E-state index >= 15 is 0 Å². The molecule has 1 heterocycles. The van der Waals surface area contributed by atoms with Gasteiger partial charge in [0.25, 0.3) is 0 Å². The van der Waals surface area contributed by atoms with E-state index < -0.39 is 0 Å². The molecule has 100 valence electrons. The first kappa shape index (κ1) is 13.4. The smallest absolute Gasteiger partial charge is 0.0280 e. The lowest BCUT2D eigenvalue weighted by Crippen LogP contribution is -2.52. The third-order valence-electron chi connectivity index (χ3n) is 5.15. The number of hydrogen-bond donors (Lipinski definition) is 2. The lowest BCUT2D eigenvalue weighted by atomic mass is 9.59. The van der Waals surface area contributed by atoms with Crippen molar-refractivity contribution in [3.8, 4) is 0 Å². The number of rotatable bonds is 4. The van der Waals surface area contributed by atoms with Gasteiger partial charge in [0.05, 0.1) is 0 Å². The van der Waals surface area contributed by atoms with Crippen LogP contribution in [0, 0.1) is 17.8 Å². The van der Waals surface area contributed by atoms with Gasteiger partial charge in [-0.05, 0) is 57.0 Å². The molecule has 2 nitrogen and oxygen atoms in total. The van der Waals surface area contributed by atoms with Crippen molar-refractivity contribution in [2.24, 2.45) is 17.8 Å². The van der Waals surface area contributed by atoms with Gasteiger partial charge in [-0.15, -0.1) is 0 Å². The summed E-state index contributed by atoms with van der Waals surface area (Å²) in [6.45, 7) is 10.7. The van der Waals surface area contributed by atoms with E-state index in [2.05, 4.69) is 31.4 Å². The molecule has 1 saturated heterocycles. The van der Waals surface area contributed by atoms with E-state index in [0.717, 1.165) is 24.3 Å². The van der Waals surface area contributed by atoms with Crippen molar-refractivity contribution in [3.63, 3.8) is 0 Å². The van der Waals surface area contributed by atoms with Crippen molar-refractivity contribution >= 4 is 0 Å². The van der Waals surface area contributed by atoms with Gasteiger partial charge >= 0.3 is 0 Å². The van der Waals surface area contributed by atoms with E-state index in [-0.39, 0.29) is 0 Å². The lowest BCUT2D eigenvalue weighted by molar-refractivity contribution is 0.0332. The highest BCUT2D eigenvalue weighted by atomic mass is 15.1. The van der Waals surface area contributed by atoms with Crippen molar-refractivity contribution in [2.45, 2.75) is 58.4 Å². The highest BCUT2D eigenvalue weighted by Gasteiger charge is 2.42. The van der Waals surface area contributed by atoms with Gasteiger partial charge in [0, 0.05) is 12.1 Å². The van der Waals surface area contributed by atoms with Crippen molar-refractivity contribution in [2.75, 3.05) is 19.6 Å². The van der Waals surface area contributed by atoms with Crippen LogP contribution in [0.25, 0.3) is 0 Å². The SMILES string of the molecule is CCC1C[C@H](CC)C1C[C@@]1(C)CNCCCN1. The molecule has 0 radical (unpaired) electrons. The van der Waals surface area contributed by atoms with Gasteiger partial charge in [-0.2, -0.15) is 0 Å². The molecule has 1 saturated carbocycles. The van der Waals surface area contributed by atoms with Crippen molar-refractivity contribution < 1.29 is 0 Å². The standard InChI is InChI=1S/C15H30N2/c1-4-12-9-13(5-2)14(12)10-15(3)11-16-7-6-8-17-15/h12-14,16-17H,4-11H2,1-3H3/t12-,13?,14?,15-/m0/s1. The second-order valence-electron chi connectivity index (χ2n) is 6.46. The van der Waals surface area contributed by atoms with Crippen LogP contribution in [0.1, 0.15) is 52.9 Å². The average Bonchev–Trinajstić information content (AvgIpc) is 2.52. The van der Waals surface area contributed by atoms with Crippen molar-refractivity contribution in [1.29, 1.82) is 0 Å². The van der Waals surface area contributed by atoms with Crippen molar-refractivity contribution in [3.05, 3.63) is 0 Å². The Bertz CT molecular complexity index is 221. The Labute approximate surface area is 107 Å². The fourth-order valence-corrected chi connectivity index (χ4v) is 3.89. The second kappa shape index (κ2) is 5.71. The maximum absolute atomic E-state index is 3.78. The summed E-state index contributed by atoms with van der Waals surface area (Å²) in [6.07, 6.45) is 6.89. The average molecular weight is 238 g/mol. The van der Waals surface area contributed by atoms with Crippen LogP contribution in [-0.4, -0.2) is 25.2 Å². The van der Waals surface area contributed by atoms with Crippen LogP contribution in [0.3, 0.4) is 0 Å². The van der Waals surface area contributed by atoms with E-state index in [1.54, 1.807) is 0 Å². The zero-order valence-corrected chi connectivity index (χ0v) is 11.9. The molecule has 2 fully saturated rings. The molecule has 0 amide bonds. The van der Waals surface area contributed by atoms with Gasteiger partial charge in [-0.25, -0.2) is 0 Å². The summed E-state index contributed by atoms with van der Waals surface area (Å²) in [7, 11) is 0. The summed E-state index contributed by atoms with van der Waals surface area (Å²) in [5.74, 6) is 2.98. The summed E-state index contributed by atoms with van der Waals surface area (Å²) >= 11 is 0. The molecule has 2 unspecified atom stereocenters. The molecule has 2 rings (SSSR count). The van der Waals surface area contributed by atoms with E-state index in [1.165, 1.54) is 45.2 Å². The van der Waals surface area contributed by atoms with Crippen LogP contribution in [0.2, 0.25) is 0 Å². The molecule has 2 aliphatic rings. The monoisotopic (exact) mass is 238 g/mol. The molecule has 1 aliphatic heterocycles. The van der Waals surface area contributed by atoms with Gasteiger partial charge in [-0.3, -0.25) is 0 Å². The van der Waals surface area contributed by atoms with Crippen LogP contribution < -0.4 is 10.6 Å². The minimum absolute atomic E-state index is 0.336. The summed E-state index contributed by atoms with van der Waals surface area (Å²) in [6, 6.07) is 0. The van der Waals surface area contributed by atoms with Crippen LogP contribution >= 0.6 is 0 Å². The fraction of sp³-hybridized carbons (Fsp3) is 1.00. The predicted octanol–water partition coefficient (Wildman–Crippen LogP) is 2.79. The molecule has 17 heavy (non-hydrogen) atoms. The minimum Gasteiger partial charge on any atom is -0.315 e. The Balaban J connectivity index is 1.92. The van der Waals surface area contributed by atoms with Crippen LogP contribution in [-0.2, 0) is 0 Å². The maximum Gasteiger partial charge on any atom is 0.0280 e. The van der Waals surface area contributed by atoms with E-state index in [1.807, 2.05) is 0 Å². The molecular weight excluding hydrogens is 208 g/mol. The van der Waals surface area contributed by atoms with Gasteiger partial charge in [0.1, 0.15) is 0 Å². The molecule has 1 aliphatic carbocycles. The summed E-state index contributed by atoms with van der Waals surface area (Å²) in [5.41, 5.74) is 0.336. The highest BCUT2D eigenvalue weighted by molar-refractivity contribution is 4.97. The molecule has 0 aromatic carbocycles. The van der Waals surface area contributed by atoms with Crippen LogP contribution in [0.4, 0.5) is 0 Å². The maximum atomic E-state index is 3.78. The fourth-order valence-electron chi connectivity index (χ4n) is 3.89. The van der Waals surface area contributed by atoms with E-state index in [9.17, 15) is 0 Å². The quantitative estimate of drug-likeness (QED) is 0.787. The molecule has 0 spiro atoms. The highest BCUT2D eigenvalue weighted by Crippen LogP contribution is 2.48. The first-order valence-corrected chi connectivity index (χ1v) is 7.64. The van der Waals surface area contributed by atoms with Crippen LogP contribution in [0.5, 0.6) is 0 Å². The third-order valence-corrected chi connectivity index (χ3v) is 5.15. The summed E-state index contributed by atoms with van der Waals surface area (Å²) in [4.78, 5) is 0. The second-order valence-corrected chi connectivity index (χ2v) is 6.46. The minimum atomic E-state index is 0.336. The third kappa shape index (κ3) is 3.03. The zero-order chi connectivity index (χ0) is 12.3. The molecule has 0 bridgehead atoms. The molecule has 0 aromatic heterocycles. The zero-order valence-electron chi connectivity index (χ0n) is 11.9. The Kier molecular flexibility index (Phi) is 4.48. The van der Waals surface area contributed by atoms with Gasteiger partial charge in [0.2, 0.25) is 0 Å². The van der Waals surface area contributed by atoms with Gasteiger partial charge in [-0.1, -0.05) is 26.7 Å². The first-order chi connectivity index (χ1) is 8.18. The van der Waals surface area contributed by atoms with E-state index in [0.29, 0.717) is 5.54 Å². The van der Waals surface area contributed by atoms with E-state index in [4.69, 9.17) is 0 Å². The summed E-state index contributed by atoms with van der Waals surface area (Å²) < 4.78 is 0. The van der Waals surface area contributed by atoms with Gasteiger partial charge in [0.15, 0.2) is 0 Å². The molecular formula is C15H30N2. The molecule has 4 atom stereocenters. The number of nitrogens with one attached hydrogen (secondary N) is 2. The first-order valence-electron chi connectivity index (χ1n) is 7.64. The Hall–Kier alpha value is -0.0800. The Morgan fingerprint density at radius 2 is 1.82 bits per heavy atom. The summed E-state index contributed by atoms with van der Waals surface area (Å²) in [5, 5.41) is 7.38. The molecule has 0 aromatic rings. The molecule has 2 heteroatoms. The largest absolute Gasteiger partial charge is 0.315 e. The normalized spacial score (nSPS) is 42.9.